The topological polar surface area (TPSA) is 29.5 Å². The first-order valence-corrected chi connectivity index (χ1v) is 6.97. The summed E-state index contributed by atoms with van der Waals surface area (Å²) in [5.41, 5.74) is 0.733. The monoisotopic (exact) mass is 275 g/mol. The van der Waals surface area contributed by atoms with Crippen LogP contribution >= 0.6 is 0 Å². The van der Waals surface area contributed by atoms with E-state index in [4.69, 9.17) is 4.74 Å². The molecule has 110 valence electrons. The molecule has 0 aliphatic carbocycles. The largest absolute Gasteiger partial charge is 0.444 e. The Balaban J connectivity index is 2.72. The van der Waals surface area contributed by atoms with E-state index in [-0.39, 0.29) is 12.0 Å². The van der Waals surface area contributed by atoms with Gasteiger partial charge in [-0.05, 0) is 32.3 Å². The molecule has 1 aromatic rings. The highest BCUT2D eigenvalue weighted by Crippen LogP contribution is 2.18. The van der Waals surface area contributed by atoms with E-state index in [0.717, 1.165) is 0 Å². The summed E-state index contributed by atoms with van der Waals surface area (Å²) in [5.74, 6) is 0.253. The van der Waals surface area contributed by atoms with Crippen LogP contribution in [0, 0.1) is 0 Å². The Hall–Kier alpha value is -1.77. The molecule has 0 aliphatic heterocycles. The number of ether oxygens (including phenoxy) is 1. The third-order valence-electron chi connectivity index (χ3n) is 2.86. The van der Waals surface area contributed by atoms with Gasteiger partial charge in [-0.15, -0.1) is 6.58 Å². The van der Waals surface area contributed by atoms with E-state index in [2.05, 4.69) is 25.6 Å². The van der Waals surface area contributed by atoms with E-state index >= 15 is 0 Å². The molecule has 0 heterocycles. The highest BCUT2D eigenvalue weighted by Gasteiger charge is 2.23. The van der Waals surface area contributed by atoms with Gasteiger partial charge in [0.2, 0.25) is 0 Å². The van der Waals surface area contributed by atoms with Crippen molar-refractivity contribution in [3.63, 3.8) is 0 Å². The summed E-state index contributed by atoms with van der Waals surface area (Å²) in [5, 5.41) is 0. The fraction of sp³-hybridized carbons (Fsp3) is 0.471. The maximum absolute atomic E-state index is 12.2. The van der Waals surface area contributed by atoms with E-state index in [9.17, 15) is 4.79 Å². The molecule has 0 N–H and O–H groups in total. The number of amides is 1. The third-order valence-corrected chi connectivity index (χ3v) is 2.86. The molecule has 3 nitrogen and oxygen atoms in total. The lowest BCUT2D eigenvalue weighted by Gasteiger charge is -2.28. The van der Waals surface area contributed by atoms with Gasteiger partial charge in [-0.2, -0.15) is 0 Å². The first-order valence-electron chi connectivity index (χ1n) is 6.97. The van der Waals surface area contributed by atoms with Gasteiger partial charge in [0.1, 0.15) is 5.60 Å². The molecule has 0 aliphatic rings. The maximum atomic E-state index is 12.2. The summed E-state index contributed by atoms with van der Waals surface area (Å²) < 4.78 is 5.43. The Morgan fingerprint density at radius 1 is 1.35 bits per heavy atom. The second-order valence-corrected chi connectivity index (χ2v) is 5.99. The molecule has 0 saturated carbocycles. The normalized spacial score (nSPS) is 12.6. The zero-order chi connectivity index (χ0) is 15.2. The minimum atomic E-state index is -0.480. The Morgan fingerprint density at radius 3 is 2.45 bits per heavy atom. The van der Waals surface area contributed by atoms with Gasteiger partial charge in [0.25, 0.3) is 0 Å². The number of benzene rings is 1. The molecule has 0 unspecified atom stereocenters. The molecule has 0 aromatic heterocycles. The van der Waals surface area contributed by atoms with Crippen LogP contribution in [0.2, 0.25) is 0 Å². The Bertz CT molecular complexity index is 434. The van der Waals surface area contributed by atoms with Gasteiger partial charge in [0.15, 0.2) is 0 Å². The highest BCUT2D eigenvalue weighted by molar-refractivity contribution is 5.68. The second kappa shape index (κ2) is 7.13. The lowest BCUT2D eigenvalue weighted by Crippen LogP contribution is -2.38. The van der Waals surface area contributed by atoms with Gasteiger partial charge >= 0.3 is 6.09 Å². The summed E-state index contributed by atoms with van der Waals surface area (Å²) in [7, 11) is 0. The molecule has 20 heavy (non-hydrogen) atoms. The first-order chi connectivity index (χ1) is 9.33. The summed E-state index contributed by atoms with van der Waals surface area (Å²) >= 11 is 0. The van der Waals surface area contributed by atoms with Gasteiger partial charge in [0, 0.05) is 13.1 Å². The van der Waals surface area contributed by atoms with Gasteiger partial charge in [-0.25, -0.2) is 4.79 Å². The minimum absolute atomic E-state index is 0.253. The van der Waals surface area contributed by atoms with Crippen molar-refractivity contribution in [1.29, 1.82) is 0 Å². The van der Waals surface area contributed by atoms with Crippen LogP contribution in [0.3, 0.4) is 0 Å². The Labute approximate surface area is 122 Å². The molecule has 1 amide bonds. The highest BCUT2D eigenvalue weighted by atomic mass is 16.6. The van der Waals surface area contributed by atoms with Crippen LogP contribution in [0.4, 0.5) is 4.79 Å². The average molecular weight is 275 g/mol. The van der Waals surface area contributed by atoms with E-state index < -0.39 is 5.60 Å². The number of carbonyl (C=O) groups is 1. The van der Waals surface area contributed by atoms with E-state index in [0.29, 0.717) is 13.1 Å². The SMILES string of the molecule is C=CCN(C[C@H](C)c1ccccc1)C(=O)OC(C)(C)C. The smallest absolute Gasteiger partial charge is 0.410 e. The minimum Gasteiger partial charge on any atom is -0.444 e. The van der Waals surface area contributed by atoms with Gasteiger partial charge in [0.05, 0.1) is 0 Å². The first kappa shape index (κ1) is 16.3. The average Bonchev–Trinajstić information content (AvgIpc) is 2.37. The zero-order valence-corrected chi connectivity index (χ0v) is 12.9. The standard InChI is InChI=1S/C17H25NO2/c1-6-12-18(16(19)20-17(3,4)5)13-14(2)15-10-8-7-9-11-15/h6-11,14H,1,12-13H2,2-5H3/t14-/m0/s1. The molecule has 0 saturated heterocycles. The van der Waals surface area contributed by atoms with E-state index in [1.807, 2.05) is 39.0 Å². The number of rotatable bonds is 5. The van der Waals surface area contributed by atoms with Crippen molar-refractivity contribution in [3.05, 3.63) is 48.6 Å². The predicted molar refractivity (Wildman–Crippen MR) is 82.9 cm³/mol. The van der Waals surface area contributed by atoms with Crippen LogP contribution in [-0.2, 0) is 4.74 Å². The Morgan fingerprint density at radius 2 is 1.95 bits per heavy atom. The molecule has 1 atom stereocenters. The van der Waals surface area contributed by atoms with Crippen molar-refractivity contribution in [2.75, 3.05) is 13.1 Å². The molecule has 1 rings (SSSR count). The van der Waals surface area contributed by atoms with Crippen LogP contribution in [0.15, 0.2) is 43.0 Å². The summed E-state index contributed by atoms with van der Waals surface area (Å²) in [4.78, 5) is 13.9. The van der Waals surface area contributed by atoms with Gasteiger partial charge in [-0.1, -0.05) is 43.3 Å². The number of hydrogen-bond donors (Lipinski definition) is 0. The summed E-state index contributed by atoms with van der Waals surface area (Å²) in [6.07, 6.45) is 1.43. The van der Waals surface area contributed by atoms with Crippen molar-refractivity contribution < 1.29 is 9.53 Å². The van der Waals surface area contributed by atoms with Crippen LogP contribution in [0.1, 0.15) is 39.2 Å². The number of nitrogens with zero attached hydrogens (tertiary/aromatic N) is 1. The van der Waals surface area contributed by atoms with Crippen molar-refractivity contribution >= 4 is 6.09 Å². The molecule has 1 aromatic carbocycles. The fourth-order valence-electron chi connectivity index (χ4n) is 1.92. The predicted octanol–water partition coefficient (Wildman–Crippen LogP) is 4.21. The number of carbonyl (C=O) groups excluding carboxylic acids is 1. The zero-order valence-electron chi connectivity index (χ0n) is 12.9. The lowest BCUT2D eigenvalue weighted by molar-refractivity contribution is 0.0263. The van der Waals surface area contributed by atoms with Crippen LogP contribution < -0.4 is 0 Å². The molecular formula is C17H25NO2. The number of hydrogen-bond acceptors (Lipinski definition) is 2. The quantitative estimate of drug-likeness (QED) is 0.753. The summed E-state index contributed by atoms with van der Waals surface area (Å²) in [6, 6.07) is 10.2. The second-order valence-electron chi connectivity index (χ2n) is 5.99. The Kier molecular flexibility index (Phi) is 5.81. The molecular weight excluding hydrogens is 250 g/mol. The van der Waals surface area contributed by atoms with Crippen molar-refractivity contribution in [2.45, 2.75) is 39.2 Å². The van der Waals surface area contributed by atoms with Crippen molar-refractivity contribution in [2.24, 2.45) is 0 Å². The molecule has 3 heteroatoms. The van der Waals surface area contributed by atoms with Gasteiger partial charge < -0.3 is 9.64 Å². The summed E-state index contributed by atoms with van der Waals surface area (Å²) in [6.45, 7) is 12.5. The van der Waals surface area contributed by atoms with Crippen LogP contribution in [0.5, 0.6) is 0 Å². The maximum Gasteiger partial charge on any atom is 0.410 e. The van der Waals surface area contributed by atoms with Crippen LogP contribution in [0.25, 0.3) is 0 Å². The van der Waals surface area contributed by atoms with E-state index in [1.54, 1.807) is 11.0 Å². The van der Waals surface area contributed by atoms with Crippen LogP contribution in [-0.4, -0.2) is 29.7 Å². The third kappa shape index (κ3) is 5.47. The fourth-order valence-corrected chi connectivity index (χ4v) is 1.92. The molecule has 0 spiro atoms. The van der Waals surface area contributed by atoms with Gasteiger partial charge in [-0.3, -0.25) is 0 Å². The molecule has 0 radical (unpaired) electrons. The van der Waals surface area contributed by atoms with Crippen molar-refractivity contribution in [1.82, 2.24) is 4.90 Å². The van der Waals surface area contributed by atoms with Crippen molar-refractivity contribution in [3.8, 4) is 0 Å². The molecule has 0 fully saturated rings. The lowest BCUT2D eigenvalue weighted by atomic mass is 10.0. The van der Waals surface area contributed by atoms with E-state index in [1.165, 1.54) is 5.56 Å². The molecule has 0 bridgehead atoms.